The molecule has 5 heteroatoms. The van der Waals surface area contributed by atoms with Crippen LogP contribution in [0.15, 0.2) is 24.3 Å². The number of nitrogens with two attached hydrogens (primary N) is 1. The molecule has 110 valence electrons. The number of carbonyl (C=O) groups is 1. The maximum Gasteiger partial charge on any atom is 0.412 e. The molecule has 0 saturated carbocycles. The summed E-state index contributed by atoms with van der Waals surface area (Å²) >= 11 is 0. The summed E-state index contributed by atoms with van der Waals surface area (Å²) in [6.45, 7) is 5.79. The van der Waals surface area contributed by atoms with Gasteiger partial charge in [-0.15, -0.1) is 0 Å². The van der Waals surface area contributed by atoms with Crippen molar-refractivity contribution in [1.82, 2.24) is 0 Å². The van der Waals surface area contributed by atoms with Crippen molar-refractivity contribution in [2.24, 2.45) is 5.73 Å². The standard InChI is InChI=1S/C15H21FN2O2/c1-15(2,3)20-14(19)18-13-8-7-11(10-12(13)16)6-4-5-9-17/h4,6-8,10H,5,9,17H2,1-3H3,(H,18,19). The second kappa shape index (κ2) is 7.05. The number of amides is 1. The molecular weight excluding hydrogens is 259 g/mol. The maximum absolute atomic E-state index is 13.8. The minimum Gasteiger partial charge on any atom is -0.444 e. The van der Waals surface area contributed by atoms with E-state index in [0.717, 1.165) is 6.42 Å². The van der Waals surface area contributed by atoms with E-state index in [1.165, 1.54) is 12.1 Å². The molecule has 0 fully saturated rings. The van der Waals surface area contributed by atoms with Crippen molar-refractivity contribution in [2.45, 2.75) is 32.8 Å². The van der Waals surface area contributed by atoms with Crippen molar-refractivity contribution in [1.29, 1.82) is 0 Å². The van der Waals surface area contributed by atoms with Crippen LogP contribution >= 0.6 is 0 Å². The first-order chi connectivity index (χ1) is 9.31. The van der Waals surface area contributed by atoms with Gasteiger partial charge in [-0.2, -0.15) is 0 Å². The van der Waals surface area contributed by atoms with Crippen LogP contribution in [0.3, 0.4) is 0 Å². The summed E-state index contributed by atoms with van der Waals surface area (Å²) in [5.74, 6) is -0.509. The van der Waals surface area contributed by atoms with Crippen LogP contribution in [-0.2, 0) is 4.74 Å². The number of nitrogens with one attached hydrogen (secondary N) is 1. The third kappa shape index (κ3) is 5.84. The Morgan fingerprint density at radius 1 is 1.45 bits per heavy atom. The van der Waals surface area contributed by atoms with Crippen LogP contribution in [0.25, 0.3) is 6.08 Å². The number of carbonyl (C=O) groups excluding carboxylic acids is 1. The second-order valence-corrected chi connectivity index (χ2v) is 5.35. The highest BCUT2D eigenvalue weighted by Gasteiger charge is 2.17. The van der Waals surface area contributed by atoms with Crippen LogP contribution in [0.1, 0.15) is 32.8 Å². The van der Waals surface area contributed by atoms with E-state index in [4.69, 9.17) is 10.5 Å². The molecule has 1 rings (SSSR count). The third-order valence-electron chi connectivity index (χ3n) is 2.27. The van der Waals surface area contributed by atoms with Crippen molar-refractivity contribution in [2.75, 3.05) is 11.9 Å². The molecule has 0 saturated heterocycles. The molecule has 0 aliphatic carbocycles. The van der Waals surface area contributed by atoms with Gasteiger partial charge in [0.15, 0.2) is 0 Å². The zero-order valence-electron chi connectivity index (χ0n) is 12.1. The number of anilines is 1. The van der Waals surface area contributed by atoms with Gasteiger partial charge in [0.05, 0.1) is 5.69 Å². The first-order valence-corrected chi connectivity index (χ1v) is 6.48. The third-order valence-corrected chi connectivity index (χ3v) is 2.27. The van der Waals surface area contributed by atoms with Crippen molar-refractivity contribution < 1.29 is 13.9 Å². The molecule has 1 aromatic rings. The first kappa shape index (κ1) is 16.2. The molecular formula is C15H21FN2O2. The number of benzene rings is 1. The van der Waals surface area contributed by atoms with Gasteiger partial charge in [0.2, 0.25) is 0 Å². The predicted molar refractivity (Wildman–Crippen MR) is 79.0 cm³/mol. The van der Waals surface area contributed by atoms with Crippen molar-refractivity contribution in [3.63, 3.8) is 0 Å². The molecule has 0 atom stereocenters. The number of hydrogen-bond donors (Lipinski definition) is 2. The average Bonchev–Trinajstić information content (AvgIpc) is 2.30. The summed E-state index contributed by atoms with van der Waals surface area (Å²) in [7, 11) is 0. The van der Waals surface area contributed by atoms with E-state index in [1.807, 2.05) is 6.08 Å². The predicted octanol–water partition coefficient (Wildman–Crippen LogP) is 3.53. The lowest BCUT2D eigenvalue weighted by atomic mass is 10.1. The Morgan fingerprint density at radius 2 is 2.15 bits per heavy atom. The molecule has 0 unspecified atom stereocenters. The number of hydrogen-bond acceptors (Lipinski definition) is 3. The average molecular weight is 280 g/mol. The van der Waals surface area contributed by atoms with Crippen molar-refractivity contribution in [3.05, 3.63) is 35.7 Å². The Labute approximate surface area is 118 Å². The summed E-state index contributed by atoms with van der Waals surface area (Å²) in [6.07, 6.45) is 3.71. The summed E-state index contributed by atoms with van der Waals surface area (Å²) in [6, 6.07) is 4.56. The fourth-order valence-corrected chi connectivity index (χ4v) is 1.47. The lowest BCUT2D eigenvalue weighted by Gasteiger charge is -2.19. The topological polar surface area (TPSA) is 64.3 Å². The zero-order valence-corrected chi connectivity index (χ0v) is 12.1. The van der Waals surface area contributed by atoms with E-state index < -0.39 is 17.5 Å². The second-order valence-electron chi connectivity index (χ2n) is 5.35. The van der Waals surface area contributed by atoms with Gasteiger partial charge in [0, 0.05) is 0 Å². The van der Waals surface area contributed by atoms with E-state index in [9.17, 15) is 9.18 Å². The SMILES string of the molecule is CC(C)(C)OC(=O)Nc1ccc(C=CCCN)cc1F. The molecule has 1 amide bonds. The lowest BCUT2D eigenvalue weighted by molar-refractivity contribution is 0.0635. The first-order valence-electron chi connectivity index (χ1n) is 6.48. The Kier molecular flexibility index (Phi) is 5.70. The van der Waals surface area contributed by atoms with Crippen LogP contribution in [0.4, 0.5) is 14.9 Å². The van der Waals surface area contributed by atoms with Crippen LogP contribution in [0.5, 0.6) is 0 Å². The summed E-state index contributed by atoms with van der Waals surface area (Å²) < 4.78 is 18.9. The molecule has 3 N–H and O–H groups in total. The van der Waals surface area contributed by atoms with E-state index in [0.29, 0.717) is 12.1 Å². The van der Waals surface area contributed by atoms with Crippen LogP contribution in [0, 0.1) is 5.82 Å². The molecule has 0 aromatic heterocycles. The largest absolute Gasteiger partial charge is 0.444 e. The number of ether oxygens (including phenoxy) is 1. The Morgan fingerprint density at radius 3 is 2.70 bits per heavy atom. The Hall–Kier alpha value is -1.88. The van der Waals surface area contributed by atoms with Crippen molar-refractivity contribution in [3.8, 4) is 0 Å². The fraction of sp³-hybridized carbons (Fsp3) is 0.400. The van der Waals surface area contributed by atoms with E-state index >= 15 is 0 Å². The fourth-order valence-electron chi connectivity index (χ4n) is 1.47. The van der Waals surface area contributed by atoms with Crippen molar-refractivity contribution >= 4 is 17.9 Å². The highest BCUT2D eigenvalue weighted by molar-refractivity contribution is 5.85. The maximum atomic E-state index is 13.8. The van der Waals surface area contributed by atoms with Crippen LogP contribution in [-0.4, -0.2) is 18.2 Å². The van der Waals surface area contributed by atoms with Gasteiger partial charge >= 0.3 is 6.09 Å². The Balaban J connectivity index is 2.71. The quantitative estimate of drug-likeness (QED) is 0.886. The van der Waals surface area contributed by atoms with E-state index in [-0.39, 0.29) is 5.69 Å². The molecule has 0 aliphatic rings. The number of rotatable bonds is 4. The van der Waals surface area contributed by atoms with Crippen LogP contribution in [0.2, 0.25) is 0 Å². The highest BCUT2D eigenvalue weighted by Crippen LogP contribution is 2.18. The number of halogens is 1. The van der Waals surface area contributed by atoms with Gasteiger partial charge in [-0.05, 0) is 51.4 Å². The molecule has 0 radical (unpaired) electrons. The van der Waals surface area contributed by atoms with Gasteiger partial charge in [-0.25, -0.2) is 9.18 Å². The molecule has 1 aromatic carbocycles. The minimum atomic E-state index is -0.678. The molecule has 0 aliphatic heterocycles. The Bertz CT molecular complexity index is 493. The summed E-state index contributed by atoms with van der Waals surface area (Å²) in [4.78, 5) is 11.5. The summed E-state index contributed by atoms with van der Waals surface area (Å²) in [5, 5.41) is 2.38. The highest BCUT2D eigenvalue weighted by atomic mass is 19.1. The van der Waals surface area contributed by atoms with E-state index in [2.05, 4.69) is 5.32 Å². The van der Waals surface area contributed by atoms with E-state index in [1.54, 1.807) is 32.9 Å². The molecule has 0 bridgehead atoms. The minimum absolute atomic E-state index is 0.0928. The smallest absolute Gasteiger partial charge is 0.412 e. The summed E-state index contributed by atoms with van der Waals surface area (Å²) in [5.41, 5.74) is 5.55. The normalized spacial score (nSPS) is 11.7. The lowest BCUT2D eigenvalue weighted by Crippen LogP contribution is -2.27. The van der Waals surface area contributed by atoms with Gasteiger partial charge in [-0.1, -0.05) is 18.2 Å². The monoisotopic (exact) mass is 280 g/mol. The van der Waals surface area contributed by atoms with Gasteiger partial charge in [0.25, 0.3) is 0 Å². The molecule has 20 heavy (non-hydrogen) atoms. The molecule has 4 nitrogen and oxygen atoms in total. The van der Waals surface area contributed by atoms with Gasteiger partial charge < -0.3 is 10.5 Å². The zero-order chi connectivity index (χ0) is 15.2. The molecule has 0 spiro atoms. The van der Waals surface area contributed by atoms with Crippen LogP contribution < -0.4 is 11.1 Å². The van der Waals surface area contributed by atoms with Gasteiger partial charge in [-0.3, -0.25) is 5.32 Å². The van der Waals surface area contributed by atoms with Gasteiger partial charge in [0.1, 0.15) is 11.4 Å². The molecule has 0 heterocycles.